The Hall–Kier alpha value is -1.30. The minimum Gasteiger partial charge on any atom is -0.378 e. The molecule has 0 spiro atoms. The zero-order chi connectivity index (χ0) is 15.1. The van der Waals surface area contributed by atoms with Crippen LogP contribution in [-0.2, 0) is 17.8 Å². The molecule has 1 aliphatic heterocycles. The maximum absolute atomic E-state index is 14.2. The van der Waals surface area contributed by atoms with Gasteiger partial charge in [-0.3, -0.25) is 9.48 Å². The van der Waals surface area contributed by atoms with E-state index in [1.807, 2.05) is 0 Å². The van der Waals surface area contributed by atoms with Crippen LogP contribution < -0.4 is 5.56 Å². The second-order valence-corrected chi connectivity index (χ2v) is 5.68. The number of aryl methyl sites for hydroxylation is 1. The lowest BCUT2D eigenvalue weighted by Gasteiger charge is -2.06. The standard InChI is InChI=1S/C14H13Cl2FN2O2/c1-8-6-9(11(17)7-10(8)15)12-13(16)18-2-4-21-5-3-19(18)14(12)20/h6-7H,2-5H2,1H3. The predicted octanol–water partition coefficient (Wildman–Crippen LogP) is 3.10. The quantitative estimate of drug-likeness (QED) is 0.805. The highest BCUT2D eigenvalue weighted by Gasteiger charge is 2.23. The summed E-state index contributed by atoms with van der Waals surface area (Å²) in [5.41, 5.74) is 0.737. The van der Waals surface area contributed by atoms with E-state index in [2.05, 4.69) is 0 Å². The number of fused-ring (bicyclic) bond motifs is 1. The molecule has 4 nitrogen and oxygen atoms in total. The van der Waals surface area contributed by atoms with Crippen LogP contribution in [0.3, 0.4) is 0 Å². The molecule has 0 aliphatic carbocycles. The Kier molecular flexibility index (Phi) is 3.82. The third kappa shape index (κ3) is 2.39. The second kappa shape index (κ2) is 5.48. The Balaban J connectivity index is 2.25. The van der Waals surface area contributed by atoms with Crippen molar-refractivity contribution < 1.29 is 9.13 Å². The Morgan fingerprint density at radius 3 is 2.57 bits per heavy atom. The van der Waals surface area contributed by atoms with Crippen molar-refractivity contribution in [3.8, 4) is 11.1 Å². The molecule has 112 valence electrons. The molecule has 2 aromatic rings. The van der Waals surface area contributed by atoms with Crippen LogP contribution >= 0.6 is 23.2 Å². The van der Waals surface area contributed by atoms with Crippen molar-refractivity contribution in [2.24, 2.45) is 0 Å². The van der Waals surface area contributed by atoms with E-state index in [0.717, 1.165) is 0 Å². The van der Waals surface area contributed by atoms with E-state index in [1.54, 1.807) is 17.7 Å². The van der Waals surface area contributed by atoms with E-state index in [-0.39, 0.29) is 21.8 Å². The van der Waals surface area contributed by atoms with Gasteiger partial charge in [-0.15, -0.1) is 0 Å². The summed E-state index contributed by atoms with van der Waals surface area (Å²) in [6.07, 6.45) is 0. The predicted molar refractivity (Wildman–Crippen MR) is 79.7 cm³/mol. The minimum atomic E-state index is -0.554. The van der Waals surface area contributed by atoms with Gasteiger partial charge in [-0.05, 0) is 24.6 Å². The number of aromatic nitrogens is 2. The maximum atomic E-state index is 14.2. The summed E-state index contributed by atoms with van der Waals surface area (Å²) in [6, 6.07) is 2.76. The molecule has 0 atom stereocenters. The number of nitrogens with zero attached hydrogens (tertiary/aromatic N) is 2. The van der Waals surface area contributed by atoms with Gasteiger partial charge in [0.25, 0.3) is 5.56 Å². The highest BCUT2D eigenvalue weighted by Crippen LogP contribution is 2.31. The van der Waals surface area contributed by atoms with Crippen LogP contribution in [-0.4, -0.2) is 22.6 Å². The summed E-state index contributed by atoms with van der Waals surface area (Å²) in [6.45, 7) is 3.51. The molecule has 0 saturated heterocycles. The number of halogens is 3. The average Bonchev–Trinajstić information content (AvgIpc) is 2.63. The maximum Gasteiger partial charge on any atom is 0.276 e. The lowest BCUT2D eigenvalue weighted by Crippen LogP contribution is -2.23. The normalized spacial score (nSPS) is 14.9. The Morgan fingerprint density at radius 1 is 1.19 bits per heavy atom. The van der Waals surface area contributed by atoms with Gasteiger partial charge in [-0.2, -0.15) is 0 Å². The van der Waals surface area contributed by atoms with Crippen molar-refractivity contribution in [2.45, 2.75) is 20.0 Å². The second-order valence-electron chi connectivity index (χ2n) is 4.91. The van der Waals surface area contributed by atoms with Gasteiger partial charge in [-0.1, -0.05) is 23.2 Å². The first kappa shape index (κ1) is 14.6. The summed E-state index contributed by atoms with van der Waals surface area (Å²) in [5.74, 6) is -0.554. The minimum absolute atomic E-state index is 0.177. The smallest absolute Gasteiger partial charge is 0.276 e. The Labute approximate surface area is 130 Å². The summed E-state index contributed by atoms with van der Waals surface area (Å²) < 4.78 is 22.6. The lowest BCUT2D eigenvalue weighted by atomic mass is 10.1. The zero-order valence-electron chi connectivity index (χ0n) is 11.3. The van der Waals surface area contributed by atoms with E-state index in [1.165, 1.54) is 10.7 Å². The van der Waals surface area contributed by atoms with E-state index < -0.39 is 5.82 Å². The summed E-state index contributed by atoms with van der Waals surface area (Å²) >= 11 is 12.2. The molecule has 1 aliphatic rings. The van der Waals surface area contributed by atoms with Crippen molar-refractivity contribution in [1.82, 2.24) is 9.36 Å². The lowest BCUT2D eigenvalue weighted by molar-refractivity contribution is 0.137. The fraction of sp³-hybridized carbons (Fsp3) is 0.357. The molecule has 21 heavy (non-hydrogen) atoms. The number of hydrogen-bond acceptors (Lipinski definition) is 2. The highest BCUT2D eigenvalue weighted by atomic mass is 35.5. The number of hydrogen-bond donors (Lipinski definition) is 0. The number of ether oxygens (including phenoxy) is 1. The molecule has 0 unspecified atom stereocenters. The number of benzene rings is 1. The van der Waals surface area contributed by atoms with Gasteiger partial charge in [-0.25, -0.2) is 9.07 Å². The van der Waals surface area contributed by atoms with Crippen LogP contribution in [0.5, 0.6) is 0 Å². The van der Waals surface area contributed by atoms with Crippen molar-refractivity contribution in [3.05, 3.63) is 44.0 Å². The van der Waals surface area contributed by atoms with Crippen LogP contribution in [0.4, 0.5) is 4.39 Å². The largest absolute Gasteiger partial charge is 0.378 e. The summed E-state index contributed by atoms with van der Waals surface area (Å²) in [4.78, 5) is 12.5. The van der Waals surface area contributed by atoms with Gasteiger partial charge >= 0.3 is 0 Å². The van der Waals surface area contributed by atoms with Crippen LogP contribution in [0.25, 0.3) is 11.1 Å². The van der Waals surface area contributed by atoms with Gasteiger partial charge in [0.05, 0.1) is 31.9 Å². The molecule has 3 rings (SSSR count). The molecule has 0 bridgehead atoms. The average molecular weight is 331 g/mol. The molecular weight excluding hydrogens is 318 g/mol. The first-order chi connectivity index (χ1) is 10.0. The highest BCUT2D eigenvalue weighted by molar-refractivity contribution is 6.32. The molecule has 0 radical (unpaired) electrons. The summed E-state index contributed by atoms with van der Waals surface area (Å²) in [5, 5.41) is 0.549. The zero-order valence-corrected chi connectivity index (χ0v) is 12.8. The van der Waals surface area contributed by atoms with Crippen molar-refractivity contribution >= 4 is 23.2 Å². The molecule has 2 heterocycles. The van der Waals surface area contributed by atoms with Crippen LogP contribution in [0.1, 0.15) is 5.56 Å². The van der Waals surface area contributed by atoms with Crippen molar-refractivity contribution in [2.75, 3.05) is 13.2 Å². The molecular formula is C14H13Cl2FN2O2. The van der Waals surface area contributed by atoms with E-state index in [0.29, 0.717) is 36.9 Å². The molecule has 1 aromatic heterocycles. The third-order valence-electron chi connectivity index (χ3n) is 3.59. The van der Waals surface area contributed by atoms with E-state index in [4.69, 9.17) is 27.9 Å². The van der Waals surface area contributed by atoms with Crippen molar-refractivity contribution in [1.29, 1.82) is 0 Å². The fourth-order valence-corrected chi connectivity index (χ4v) is 2.99. The van der Waals surface area contributed by atoms with Gasteiger partial charge in [0.1, 0.15) is 11.0 Å². The molecule has 1 aromatic carbocycles. The molecule has 0 amide bonds. The third-order valence-corrected chi connectivity index (χ3v) is 4.38. The van der Waals surface area contributed by atoms with Crippen LogP contribution in [0, 0.1) is 12.7 Å². The van der Waals surface area contributed by atoms with Crippen LogP contribution in [0.15, 0.2) is 16.9 Å². The van der Waals surface area contributed by atoms with E-state index >= 15 is 0 Å². The molecule has 0 N–H and O–H groups in total. The number of rotatable bonds is 1. The SMILES string of the molecule is Cc1cc(-c2c(Cl)n3n(c2=O)CCOCC3)c(F)cc1Cl. The van der Waals surface area contributed by atoms with Gasteiger partial charge < -0.3 is 4.74 Å². The first-order valence-electron chi connectivity index (χ1n) is 6.53. The van der Waals surface area contributed by atoms with E-state index in [9.17, 15) is 9.18 Å². The first-order valence-corrected chi connectivity index (χ1v) is 7.29. The topological polar surface area (TPSA) is 36.2 Å². The van der Waals surface area contributed by atoms with Crippen LogP contribution in [0.2, 0.25) is 10.2 Å². The fourth-order valence-electron chi connectivity index (χ4n) is 2.48. The van der Waals surface area contributed by atoms with Crippen molar-refractivity contribution in [3.63, 3.8) is 0 Å². The molecule has 0 fully saturated rings. The molecule has 0 saturated carbocycles. The Bertz CT molecular complexity index is 767. The Morgan fingerprint density at radius 2 is 1.86 bits per heavy atom. The van der Waals surface area contributed by atoms with Gasteiger partial charge in [0.2, 0.25) is 0 Å². The monoisotopic (exact) mass is 330 g/mol. The van der Waals surface area contributed by atoms with Gasteiger partial charge in [0, 0.05) is 10.6 Å². The summed E-state index contributed by atoms with van der Waals surface area (Å²) in [7, 11) is 0. The molecule has 7 heteroatoms. The van der Waals surface area contributed by atoms with Gasteiger partial charge in [0.15, 0.2) is 0 Å².